The lowest BCUT2D eigenvalue weighted by Crippen LogP contribution is -2.19. The Hall–Kier alpha value is -4.79. The summed E-state index contributed by atoms with van der Waals surface area (Å²) in [5, 5.41) is 0. The van der Waals surface area contributed by atoms with Gasteiger partial charge in [0.05, 0.1) is 0 Å². The molecule has 0 heterocycles. The van der Waals surface area contributed by atoms with Gasteiger partial charge in [0.15, 0.2) is 0 Å². The lowest BCUT2D eigenvalue weighted by Gasteiger charge is -2.27. The first-order chi connectivity index (χ1) is 20.0. The molecule has 5 aromatic carbocycles. The van der Waals surface area contributed by atoms with Crippen molar-refractivity contribution in [2.45, 2.75) is 18.2 Å². The molecule has 0 unspecified atom stereocenters. The predicted molar refractivity (Wildman–Crippen MR) is 145 cm³/mol. The standard InChI is InChI=1S/C33H22F7NO/c34-23-9-1-19(2-10-23)30(20-3-11-24(35)12-4-20)28-17-27(42-33(38,39)40)18-29(32(28)41)31(21-5-13-25(36)14-6-21)22-7-15-26(37)16-8-22/h1-18,30-31H,41H2. The van der Waals surface area contributed by atoms with Crippen LogP contribution in [-0.4, -0.2) is 6.36 Å². The van der Waals surface area contributed by atoms with Crippen molar-refractivity contribution in [3.05, 3.63) is 166 Å². The molecule has 5 aromatic rings. The van der Waals surface area contributed by atoms with Crippen molar-refractivity contribution < 1.29 is 35.5 Å². The van der Waals surface area contributed by atoms with Gasteiger partial charge in [-0.1, -0.05) is 48.5 Å². The molecular weight excluding hydrogens is 559 g/mol. The van der Waals surface area contributed by atoms with Crippen LogP contribution >= 0.6 is 0 Å². The van der Waals surface area contributed by atoms with Gasteiger partial charge in [0.1, 0.15) is 29.0 Å². The van der Waals surface area contributed by atoms with Crippen molar-refractivity contribution in [3.63, 3.8) is 0 Å². The molecule has 0 bridgehead atoms. The van der Waals surface area contributed by atoms with E-state index in [0.717, 1.165) is 12.1 Å². The Balaban J connectivity index is 1.81. The third-order valence-corrected chi connectivity index (χ3v) is 6.89. The van der Waals surface area contributed by atoms with Crippen LogP contribution in [0.4, 0.5) is 36.4 Å². The quantitative estimate of drug-likeness (QED) is 0.118. The molecule has 9 heteroatoms. The summed E-state index contributed by atoms with van der Waals surface area (Å²) in [5.74, 6) is -4.48. The molecule has 0 atom stereocenters. The molecule has 0 radical (unpaired) electrons. The molecule has 42 heavy (non-hydrogen) atoms. The Labute approximate surface area is 236 Å². The van der Waals surface area contributed by atoms with Crippen molar-refractivity contribution in [1.29, 1.82) is 0 Å². The molecule has 0 aliphatic rings. The van der Waals surface area contributed by atoms with Crippen LogP contribution in [0, 0.1) is 23.3 Å². The number of anilines is 1. The normalized spacial score (nSPS) is 11.7. The monoisotopic (exact) mass is 581 g/mol. The van der Waals surface area contributed by atoms with Crippen LogP contribution in [-0.2, 0) is 0 Å². The van der Waals surface area contributed by atoms with E-state index in [-0.39, 0.29) is 16.8 Å². The van der Waals surface area contributed by atoms with Crippen molar-refractivity contribution in [2.75, 3.05) is 5.73 Å². The second-order valence-corrected chi connectivity index (χ2v) is 9.64. The topological polar surface area (TPSA) is 35.2 Å². The van der Waals surface area contributed by atoms with Crippen molar-refractivity contribution >= 4 is 5.69 Å². The molecule has 5 rings (SSSR count). The van der Waals surface area contributed by atoms with Gasteiger partial charge in [-0.3, -0.25) is 0 Å². The highest BCUT2D eigenvalue weighted by atomic mass is 19.4. The van der Waals surface area contributed by atoms with E-state index in [4.69, 9.17) is 5.73 Å². The summed E-state index contributed by atoms with van der Waals surface area (Å²) < 4.78 is 100. The highest BCUT2D eigenvalue weighted by molar-refractivity contribution is 5.67. The zero-order chi connectivity index (χ0) is 30.0. The Morgan fingerprint density at radius 3 is 0.976 bits per heavy atom. The maximum atomic E-state index is 13.9. The lowest BCUT2D eigenvalue weighted by molar-refractivity contribution is -0.274. The van der Waals surface area contributed by atoms with E-state index in [1.807, 2.05) is 0 Å². The third kappa shape index (κ3) is 6.40. The Morgan fingerprint density at radius 2 is 0.738 bits per heavy atom. The fourth-order valence-electron chi connectivity index (χ4n) is 5.06. The molecule has 0 amide bonds. The predicted octanol–water partition coefficient (Wildman–Crippen LogP) is 9.08. The van der Waals surface area contributed by atoms with E-state index in [0.29, 0.717) is 22.3 Å². The van der Waals surface area contributed by atoms with Crippen LogP contribution < -0.4 is 10.5 Å². The van der Waals surface area contributed by atoms with Crippen LogP contribution in [0.2, 0.25) is 0 Å². The number of halogens is 7. The molecule has 0 spiro atoms. The van der Waals surface area contributed by atoms with Crippen LogP contribution in [0.5, 0.6) is 5.75 Å². The first kappa shape index (κ1) is 28.7. The van der Waals surface area contributed by atoms with E-state index in [9.17, 15) is 30.7 Å². The second-order valence-electron chi connectivity index (χ2n) is 9.64. The average molecular weight is 582 g/mol. The summed E-state index contributed by atoms with van der Waals surface area (Å²) in [7, 11) is 0. The number of ether oxygens (including phenoxy) is 1. The van der Waals surface area contributed by atoms with Gasteiger partial charge in [-0.05, 0) is 94.0 Å². The number of benzene rings is 5. The van der Waals surface area contributed by atoms with Gasteiger partial charge < -0.3 is 10.5 Å². The summed E-state index contributed by atoms with van der Waals surface area (Å²) in [6.45, 7) is 0. The first-order valence-corrected chi connectivity index (χ1v) is 12.7. The highest BCUT2D eigenvalue weighted by Crippen LogP contribution is 2.45. The fourth-order valence-corrected chi connectivity index (χ4v) is 5.06. The van der Waals surface area contributed by atoms with Gasteiger partial charge in [0, 0.05) is 17.5 Å². The molecule has 0 aliphatic heterocycles. The Bertz CT molecular complexity index is 1460. The largest absolute Gasteiger partial charge is 0.573 e. The fraction of sp³-hybridized carbons (Fsp3) is 0.0909. The van der Waals surface area contributed by atoms with Gasteiger partial charge in [0.2, 0.25) is 0 Å². The summed E-state index contributed by atoms with van der Waals surface area (Å²) in [6, 6.07) is 23.5. The van der Waals surface area contributed by atoms with Crippen LogP contribution in [0.3, 0.4) is 0 Å². The number of hydrogen-bond acceptors (Lipinski definition) is 2. The van der Waals surface area contributed by atoms with Crippen molar-refractivity contribution in [3.8, 4) is 5.75 Å². The number of alkyl halides is 3. The molecule has 0 fully saturated rings. The molecule has 0 aliphatic carbocycles. The summed E-state index contributed by atoms with van der Waals surface area (Å²) in [5.41, 5.74) is 8.99. The molecule has 0 aromatic heterocycles. The zero-order valence-corrected chi connectivity index (χ0v) is 21.7. The molecule has 0 saturated heterocycles. The molecule has 0 saturated carbocycles. The number of rotatable bonds is 7. The average Bonchev–Trinajstić information content (AvgIpc) is 2.94. The number of nitrogens with two attached hydrogens (primary N) is 1. The zero-order valence-electron chi connectivity index (χ0n) is 21.7. The van der Waals surface area contributed by atoms with E-state index >= 15 is 0 Å². The van der Waals surface area contributed by atoms with E-state index in [1.165, 1.54) is 97.1 Å². The summed E-state index contributed by atoms with van der Waals surface area (Å²) in [6.07, 6.45) is -5.06. The van der Waals surface area contributed by atoms with Gasteiger partial charge in [-0.25, -0.2) is 17.6 Å². The van der Waals surface area contributed by atoms with E-state index in [2.05, 4.69) is 4.74 Å². The maximum absolute atomic E-state index is 13.9. The third-order valence-electron chi connectivity index (χ3n) is 6.89. The SMILES string of the molecule is Nc1c(C(c2ccc(F)cc2)c2ccc(F)cc2)cc(OC(F)(F)F)cc1C(c1ccc(F)cc1)c1ccc(F)cc1. The molecule has 214 valence electrons. The minimum absolute atomic E-state index is 0.0572. The van der Waals surface area contributed by atoms with Crippen LogP contribution in [0.1, 0.15) is 45.2 Å². The Morgan fingerprint density at radius 1 is 0.476 bits per heavy atom. The molecule has 2 N–H and O–H groups in total. The smallest absolute Gasteiger partial charge is 0.406 e. The van der Waals surface area contributed by atoms with Crippen LogP contribution in [0.15, 0.2) is 109 Å². The van der Waals surface area contributed by atoms with Gasteiger partial charge >= 0.3 is 6.36 Å². The maximum Gasteiger partial charge on any atom is 0.573 e. The van der Waals surface area contributed by atoms with Gasteiger partial charge in [-0.2, -0.15) is 0 Å². The second kappa shape index (κ2) is 11.6. The highest BCUT2D eigenvalue weighted by Gasteiger charge is 2.33. The van der Waals surface area contributed by atoms with E-state index < -0.39 is 47.2 Å². The van der Waals surface area contributed by atoms with Crippen molar-refractivity contribution in [1.82, 2.24) is 0 Å². The van der Waals surface area contributed by atoms with E-state index in [1.54, 1.807) is 0 Å². The van der Waals surface area contributed by atoms with Crippen LogP contribution in [0.25, 0.3) is 0 Å². The van der Waals surface area contributed by atoms with Gasteiger partial charge in [0.25, 0.3) is 0 Å². The van der Waals surface area contributed by atoms with Crippen molar-refractivity contribution in [2.24, 2.45) is 0 Å². The van der Waals surface area contributed by atoms with Gasteiger partial charge in [-0.15, -0.1) is 13.2 Å². The number of hydrogen-bond donors (Lipinski definition) is 1. The molecule has 2 nitrogen and oxygen atoms in total. The Kier molecular flexibility index (Phi) is 7.93. The summed E-state index contributed by atoms with van der Waals surface area (Å²) >= 11 is 0. The molecular formula is C33H22F7NO. The first-order valence-electron chi connectivity index (χ1n) is 12.7. The minimum Gasteiger partial charge on any atom is -0.406 e. The minimum atomic E-state index is -5.06. The number of nitrogen functional groups attached to an aromatic ring is 1. The summed E-state index contributed by atoms with van der Waals surface area (Å²) in [4.78, 5) is 0. The lowest BCUT2D eigenvalue weighted by atomic mass is 9.79.